The van der Waals surface area contributed by atoms with Gasteiger partial charge >= 0.3 is 0 Å². The van der Waals surface area contributed by atoms with E-state index >= 15 is 0 Å². The molecule has 92 valence electrons. The highest BCUT2D eigenvalue weighted by Crippen LogP contribution is 2.06. The number of nitrogens with zero attached hydrogens (tertiary/aromatic N) is 1. The van der Waals surface area contributed by atoms with Crippen molar-refractivity contribution in [3.05, 3.63) is 48.6 Å². The Bertz CT molecular complexity index is 360. The van der Waals surface area contributed by atoms with Gasteiger partial charge < -0.3 is 0 Å². The molecule has 0 spiro atoms. The van der Waals surface area contributed by atoms with Crippen LogP contribution in [0.4, 0.5) is 0 Å². The van der Waals surface area contributed by atoms with Crippen molar-refractivity contribution in [1.82, 2.24) is 4.90 Å². The molecule has 1 aromatic rings. The molecule has 0 aliphatic rings. The fourth-order valence-corrected chi connectivity index (χ4v) is 1.17. The third-order valence-electron chi connectivity index (χ3n) is 2.15. The van der Waals surface area contributed by atoms with Gasteiger partial charge in [0.25, 0.3) is 5.91 Å². The van der Waals surface area contributed by atoms with E-state index in [-0.39, 0.29) is 11.9 Å². The Balaban J connectivity index is 0.00000121. The van der Waals surface area contributed by atoms with Crippen molar-refractivity contribution in [3.8, 4) is 0 Å². The average molecular weight is 233 g/mol. The molecule has 1 rings (SSSR count). The zero-order valence-electron chi connectivity index (χ0n) is 10.6. The molecule has 0 bridgehead atoms. The monoisotopic (exact) mass is 233 g/mol. The van der Waals surface area contributed by atoms with E-state index in [1.54, 1.807) is 37.3 Å². The van der Waals surface area contributed by atoms with Crippen LogP contribution < -0.4 is 0 Å². The van der Waals surface area contributed by atoms with E-state index in [2.05, 4.69) is 6.58 Å². The zero-order chi connectivity index (χ0) is 13.3. The maximum absolute atomic E-state index is 11.8. The highest BCUT2D eigenvalue weighted by molar-refractivity contribution is 6.00. The lowest BCUT2D eigenvalue weighted by atomic mass is 10.2. The highest BCUT2D eigenvalue weighted by Gasteiger charge is 2.18. The summed E-state index contributed by atoms with van der Waals surface area (Å²) in [6, 6.07) is 8.39. The minimum Gasteiger partial charge on any atom is -0.278 e. The maximum Gasteiger partial charge on any atom is 0.260 e. The van der Waals surface area contributed by atoms with Crippen molar-refractivity contribution in [1.29, 1.82) is 0 Å². The van der Waals surface area contributed by atoms with Crippen LogP contribution in [-0.4, -0.2) is 23.3 Å². The molecule has 0 aliphatic heterocycles. The van der Waals surface area contributed by atoms with Gasteiger partial charge in [0.1, 0.15) is 0 Å². The molecule has 1 unspecified atom stereocenters. The second kappa shape index (κ2) is 8.28. The normalized spacial score (nSPS) is 10.5. The van der Waals surface area contributed by atoms with E-state index < -0.39 is 0 Å². The summed E-state index contributed by atoms with van der Waals surface area (Å²) in [6.45, 7) is 9.29. The Hall–Kier alpha value is -1.90. The van der Waals surface area contributed by atoms with Crippen LogP contribution in [0.3, 0.4) is 0 Å². The summed E-state index contributed by atoms with van der Waals surface area (Å²) >= 11 is 0. The predicted octanol–water partition coefficient (Wildman–Crippen LogP) is 2.89. The number of hydrogen-bond donors (Lipinski definition) is 0. The van der Waals surface area contributed by atoms with E-state index in [1.165, 1.54) is 0 Å². The fourth-order valence-electron chi connectivity index (χ4n) is 1.17. The van der Waals surface area contributed by atoms with Crippen LogP contribution in [0.1, 0.15) is 31.1 Å². The third kappa shape index (κ3) is 4.23. The highest BCUT2D eigenvalue weighted by atomic mass is 16.2. The van der Waals surface area contributed by atoms with Gasteiger partial charge in [0, 0.05) is 5.56 Å². The van der Waals surface area contributed by atoms with E-state index in [9.17, 15) is 9.59 Å². The van der Waals surface area contributed by atoms with Crippen molar-refractivity contribution in [3.63, 3.8) is 0 Å². The molecule has 3 nitrogen and oxygen atoms in total. The van der Waals surface area contributed by atoms with E-state index in [0.29, 0.717) is 12.0 Å². The molecule has 1 aromatic carbocycles. The molecule has 0 N–H and O–H groups in total. The van der Waals surface area contributed by atoms with Gasteiger partial charge in [-0.15, -0.1) is 6.58 Å². The molecule has 3 heteroatoms. The van der Waals surface area contributed by atoms with E-state index in [4.69, 9.17) is 0 Å². The summed E-state index contributed by atoms with van der Waals surface area (Å²) in [6.07, 6.45) is 2.08. The molecule has 0 aliphatic carbocycles. The molecule has 0 saturated carbocycles. The second-order valence-electron chi connectivity index (χ2n) is 3.16. The minimum atomic E-state index is -0.307. The van der Waals surface area contributed by atoms with Gasteiger partial charge in [-0.2, -0.15) is 0 Å². The number of benzene rings is 1. The first-order valence-corrected chi connectivity index (χ1v) is 5.66. The summed E-state index contributed by atoms with van der Waals surface area (Å²) in [5.74, 6) is -0.307. The number of rotatable bonds is 4. The molecule has 0 radical (unpaired) electrons. The smallest absolute Gasteiger partial charge is 0.260 e. The topological polar surface area (TPSA) is 37.4 Å². The van der Waals surface area contributed by atoms with E-state index in [1.807, 2.05) is 19.9 Å². The number of hydrogen-bond acceptors (Lipinski definition) is 2. The molecular weight excluding hydrogens is 214 g/mol. The second-order valence-corrected chi connectivity index (χ2v) is 3.16. The maximum atomic E-state index is 11.8. The number of carbonyl (C=O) groups is 2. The molecule has 0 fully saturated rings. The molecule has 1 atom stereocenters. The largest absolute Gasteiger partial charge is 0.278 e. The first-order valence-electron chi connectivity index (χ1n) is 5.66. The first kappa shape index (κ1) is 15.1. The lowest BCUT2D eigenvalue weighted by Gasteiger charge is -2.20. The number of carbonyl (C=O) groups excluding carboxylic acids is 2. The van der Waals surface area contributed by atoms with Crippen LogP contribution in [0.2, 0.25) is 0 Å². The van der Waals surface area contributed by atoms with Gasteiger partial charge in [0.2, 0.25) is 6.41 Å². The molecule has 0 aromatic heterocycles. The van der Waals surface area contributed by atoms with Crippen molar-refractivity contribution in [2.24, 2.45) is 0 Å². The lowest BCUT2D eigenvalue weighted by molar-refractivity contribution is -0.116. The summed E-state index contributed by atoms with van der Waals surface area (Å²) in [5, 5.41) is 0. The van der Waals surface area contributed by atoms with Gasteiger partial charge in [0.05, 0.1) is 6.04 Å². The zero-order valence-corrected chi connectivity index (χ0v) is 10.6. The molecule has 0 heterocycles. The van der Waals surface area contributed by atoms with Crippen molar-refractivity contribution in [2.75, 3.05) is 0 Å². The predicted molar refractivity (Wildman–Crippen MR) is 69.7 cm³/mol. The SMILES string of the molecule is C=CC(C)N(C=O)C(=O)c1ccccc1.CC. The molecular formula is C14H19NO2. The van der Waals surface area contributed by atoms with Crippen LogP contribution >= 0.6 is 0 Å². The Morgan fingerprint density at radius 3 is 2.24 bits per heavy atom. The number of amides is 2. The van der Waals surface area contributed by atoms with Crippen LogP contribution in [0, 0.1) is 0 Å². The lowest BCUT2D eigenvalue weighted by Crippen LogP contribution is -2.36. The summed E-state index contributed by atoms with van der Waals surface area (Å²) in [4.78, 5) is 23.7. The quantitative estimate of drug-likeness (QED) is 0.592. The van der Waals surface area contributed by atoms with Gasteiger partial charge in [-0.3, -0.25) is 14.5 Å². The molecule has 2 amide bonds. The minimum absolute atomic E-state index is 0.296. The van der Waals surface area contributed by atoms with Crippen LogP contribution in [-0.2, 0) is 4.79 Å². The Morgan fingerprint density at radius 1 is 1.29 bits per heavy atom. The van der Waals surface area contributed by atoms with Crippen LogP contribution in [0.5, 0.6) is 0 Å². The molecule has 17 heavy (non-hydrogen) atoms. The Kier molecular flexibility index (Phi) is 7.35. The van der Waals surface area contributed by atoms with Crippen LogP contribution in [0.25, 0.3) is 0 Å². The van der Waals surface area contributed by atoms with Crippen molar-refractivity contribution in [2.45, 2.75) is 26.8 Å². The summed E-state index contributed by atoms with van der Waals surface area (Å²) in [5.41, 5.74) is 0.498. The fraction of sp³-hybridized carbons (Fsp3) is 0.286. The Labute approximate surface area is 103 Å². The Morgan fingerprint density at radius 2 is 1.82 bits per heavy atom. The van der Waals surface area contributed by atoms with Gasteiger partial charge in [-0.05, 0) is 19.1 Å². The average Bonchev–Trinajstić information content (AvgIpc) is 2.42. The van der Waals surface area contributed by atoms with Gasteiger partial charge in [-0.1, -0.05) is 38.1 Å². The first-order chi connectivity index (χ1) is 8.20. The van der Waals surface area contributed by atoms with Crippen molar-refractivity contribution >= 4 is 12.3 Å². The standard InChI is InChI=1S/C12H13NO2.C2H6/c1-3-10(2)13(9-14)12(15)11-7-5-4-6-8-11;1-2/h3-10H,1H2,2H3;1-2H3. The third-order valence-corrected chi connectivity index (χ3v) is 2.15. The van der Waals surface area contributed by atoms with Crippen LogP contribution in [0.15, 0.2) is 43.0 Å². The molecule has 0 saturated heterocycles. The van der Waals surface area contributed by atoms with Gasteiger partial charge in [-0.25, -0.2) is 0 Å². The van der Waals surface area contributed by atoms with E-state index in [0.717, 1.165) is 4.90 Å². The van der Waals surface area contributed by atoms with Gasteiger partial charge in [0.15, 0.2) is 0 Å². The summed E-state index contributed by atoms with van der Waals surface area (Å²) in [7, 11) is 0. The summed E-state index contributed by atoms with van der Waals surface area (Å²) < 4.78 is 0. The number of imide groups is 1. The van der Waals surface area contributed by atoms with Crippen molar-refractivity contribution < 1.29 is 9.59 Å².